The highest BCUT2D eigenvalue weighted by molar-refractivity contribution is 7.92. The zero-order chi connectivity index (χ0) is 19.1. The van der Waals surface area contributed by atoms with Gasteiger partial charge in [0.1, 0.15) is 5.92 Å². The molecule has 0 aromatic heterocycles. The van der Waals surface area contributed by atoms with Crippen LogP contribution < -0.4 is 15.4 Å². The van der Waals surface area contributed by atoms with Crippen molar-refractivity contribution < 1.29 is 18.0 Å². The van der Waals surface area contributed by atoms with Crippen molar-refractivity contribution in [1.82, 2.24) is 0 Å². The summed E-state index contributed by atoms with van der Waals surface area (Å²) in [5.74, 6) is -1.85. The van der Waals surface area contributed by atoms with Crippen LogP contribution in [0.1, 0.15) is 12.5 Å². The van der Waals surface area contributed by atoms with Crippen molar-refractivity contribution in [3.8, 4) is 0 Å². The molecule has 1 heterocycles. The van der Waals surface area contributed by atoms with Gasteiger partial charge in [0.2, 0.25) is 11.8 Å². The van der Waals surface area contributed by atoms with E-state index in [4.69, 9.17) is 11.6 Å². The second-order valence-corrected chi connectivity index (χ2v) is 8.09. The Morgan fingerprint density at radius 2 is 1.65 bits per heavy atom. The lowest BCUT2D eigenvalue weighted by Gasteiger charge is -2.13. The summed E-state index contributed by atoms with van der Waals surface area (Å²) in [6.07, 6.45) is 0. The molecule has 3 rings (SSSR count). The molecular weight excluding hydrogens is 378 g/mol. The molecule has 26 heavy (non-hydrogen) atoms. The van der Waals surface area contributed by atoms with Gasteiger partial charge in [0.25, 0.3) is 10.0 Å². The number of carbonyl (C=O) groups excluding carboxylic acids is 2. The topological polar surface area (TPSA) is 104 Å². The van der Waals surface area contributed by atoms with E-state index in [0.29, 0.717) is 5.69 Å². The van der Waals surface area contributed by atoms with Gasteiger partial charge >= 0.3 is 0 Å². The molecule has 0 aliphatic carbocycles. The van der Waals surface area contributed by atoms with E-state index in [-0.39, 0.29) is 21.3 Å². The highest BCUT2D eigenvalue weighted by atomic mass is 35.5. The smallest absolute Gasteiger partial charge is 0.262 e. The van der Waals surface area contributed by atoms with Gasteiger partial charge in [0, 0.05) is 0 Å². The molecule has 0 bridgehead atoms. The van der Waals surface area contributed by atoms with Crippen LogP contribution in [0.25, 0.3) is 0 Å². The Hall–Kier alpha value is -2.58. The normalized spacial score (nSPS) is 17.0. The van der Waals surface area contributed by atoms with Crippen molar-refractivity contribution in [3.05, 3.63) is 47.0 Å². The van der Waals surface area contributed by atoms with Gasteiger partial charge in [-0.05, 0) is 49.7 Å². The maximum Gasteiger partial charge on any atom is 0.262 e. The zero-order valence-electron chi connectivity index (χ0n) is 14.0. The number of nitrogens with one attached hydrogen (secondary N) is 3. The number of rotatable bonds is 3. The number of halogens is 1. The van der Waals surface area contributed by atoms with Crippen LogP contribution in [0.2, 0.25) is 5.02 Å². The molecule has 0 unspecified atom stereocenters. The molecule has 7 nitrogen and oxygen atoms in total. The van der Waals surface area contributed by atoms with Crippen molar-refractivity contribution in [2.24, 2.45) is 5.92 Å². The van der Waals surface area contributed by atoms with Crippen molar-refractivity contribution in [3.63, 3.8) is 0 Å². The highest BCUT2D eigenvalue weighted by Crippen LogP contribution is 2.31. The third-order valence-electron chi connectivity index (χ3n) is 3.97. The maximum absolute atomic E-state index is 12.7. The number of hydrogen-bond acceptors (Lipinski definition) is 4. The predicted octanol–water partition coefficient (Wildman–Crippen LogP) is 2.98. The number of fused-ring (bicyclic) bond motifs is 1. The number of amides is 2. The summed E-state index contributed by atoms with van der Waals surface area (Å²) >= 11 is 6.08. The van der Waals surface area contributed by atoms with Gasteiger partial charge in [-0.3, -0.25) is 14.3 Å². The molecule has 0 saturated heterocycles. The van der Waals surface area contributed by atoms with Crippen LogP contribution in [0.5, 0.6) is 0 Å². The van der Waals surface area contributed by atoms with Crippen LogP contribution in [-0.4, -0.2) is 20.2 Å². The molecule has 2 aromatic carbocycles. The molecule has 0 saturated carbocycles. The monoisotopic (exact) mass is 393 g/mol. The van der Waals surface area contributed by atoms with E-state index < -0.39 is 27.8 Å². The van der Waals surface area contributed by atoms with E-state index in [1.807, 2.05) is 6.92 Å². The van der Waals surface area contributed by atoms with E-state index in [9.17, 15) is 18.0 Å². The van der Waals surface area contributed by atoms with Crippen molar-refractivity contribution >= 4 is 50.5 Å². The standard InChI is InChI=1S/C17H16ClN3O4S/c1-9-3-5-13(12(18)7-9)21-26(24,25)11-4-6-14-15(8-11)20-17(23)10(2)16(22)19-14/h3-8,10,21H,1-2H3,(H,19,22)(H,20,23)/t10-/m1/s1. The molecular formula is C17H16ClN3O4S. The summed E-state index contributed by atoms with van der Waals surface area (Å²) < 4.78 is 27.7. The first-order valence-corrected chi connectivity index (χ1v) is 9.58. The largest absolute Gasteiger partial charge is 0.324 e. The van der Waals surface area contributed by atoms with Gasteiger partial charge < -0.3 is 10.6 Å². The lowest BCUT2D eigenvalue weighted by Crippen LogP contribution is -2.28. The number of anilines is 3. The molecule has 1 atom stereocenters. The summed E-state index contributed by atoms with van der Waals surface area (Å²) in [7, 11) is -3.94. The Kier molecular flexibility index (Phi) is 4.64. The van der Waals surface area contributed by atoms with Gasteiger partial charge in [0.15, 0.2) is 0 Å². The van der Waals surface area contributed by atoms with Crippen molar-refractivity contribution in [2.75, 3.05) is 15.4 Å². The number of benzene rings is 2. The molecule has 9 heteroatoms. The van der Waals surface area contributed by atoms with Crippen molar-refractivity contribution in [2.45, 2.75) is 18.7 Å². The Balaban J connectivity index is 1.96. The third-order valence-corrected chi connectivity index (χ3v) is 5.65. The van der Waals surface area contributed by atoms with Gasteiger partial charge in [0.05, 0.1) is 27.0 Å². The number of aryl methyl sites for hydroxylation is 1. The lowest BCUT2D eigenvalue weighted by atomic mass is 10.1. The minimum Gasteiger partial charge on any atom is -0.324 e. The van der Waals surface area contributed by atoms with Gasteiger partial charge in [-0.15, -0.1) is 0 Å². The van der Waals surface area contributed by atoms with Crippen LogP contribution in [0.3, 0.4) is 0 Å². The molecule has 0 radical (unpaired) electrons. The Morgan fingerprint density at radius 1 is 1.00 bits per heavy atom. The number of carbonyl (C=O) groups is 2. The van der Waals surface area contributed by atoms with E-state index >= 15 is 0 Å². The van der Waals surface area contributed by atoms with Gasteiger partial charge in [-0.2, -0.15) is 0 Å². The second-order valence-electron chi connectivity index (χ2n) is 6.00. The summed E-state index contributed by atoms with van der Waals surface area (Å²) in [4.78, 5) is 23.7. The van der Waals surface area contributed by atoms with Crippen molar-refractivity contribution in [1.29, 1.82) is 0 Å². The van der Waals surface area contributed by atoms with E-state index in [1.165, 1.54) is 25.1 Å². The van der Waals surface area contributed by atoms with E-state index in [2.05, 4.69) is 15.4 Å². The Bertz CT molecular complexity index is 1020. The molecule has 3 N–H and O–H groups in total. The zero-order valence-corrected chi connectivity index (χ0v) is 15.5. The molecule has 2 aromatic rings. The van der Waals surface area contributed by atoms with Gasteiger partial charge in [-0.1, -0.05) is 17.7 Å². The van der Waals surface area contributed by atoms with Gasteiger partial charge in [-0.25, -0.2) is 8.42 Å². The Morgan fingerprint density at radius 3 is 2.31 bits per heavy atom. The van der Waals surface area contributed by atoms with Crippen LogP contribution in [0, 0.1) is 12.8 Å². The minimum atomic E-state index is -3.94. The predicted molar refractivity (Wildman–Crippen MR) is 99.9 cm³/mol. The lowest BCUT2D eigenvalue weighted by molar-refractivity contribution is -0.128. The second kappa shape index (κ2) is 6.62. The van der Waals surface area contributed by atoms with Crippen LogP contribution in [0.15, 0.2) is 41.3 Å². The first-order valence-electron chi connectivity index (χ1n) is 7.72. The first kappa shape index (κ1) is 18.2. The average Bonchev–Trinajstić information content (AvgIpc) is 2.67. The maximum atomic E-state index is 12.7. The molecule has 2 amide bonds. The summed E-state index contributed by atoms with van der Waals surface area (Å²) in [6.45, 7) is 3.31. The van der Waals surface area contributed by atoms with Crippen LogP contribution in [0.4, 0.5) is 17.1 Å². The SMILES string of the molecule is Cc1ccc(NS(=O)(=O)c2ccc3c(c2)NC(=O)[C@H](C)C(=O)N3)c(Cl)c1. The quantitative estimate of drug-likeness (QED) is 0.697. The van der Waals surface area contributed by atoms with Crippen LogP contribution >= 0.6 is 11.6 Å². The van der Waals surface area contributed by atoms with E-state index in [0.717, 1.165) is 5.56 Å². The fraction of sp³-hybridized carbons (Fsp3) is 0.176. The minimum absolute atomic E-state index is 0.0722. The molecule has 0 fully saturated rings. The van der Waals surface area contributed by atoms with E-state index in [1.54, 1.807) is 18.2 Å². The molecule has 0 spiro atoms. The highest BCUT2D eigenvalue weighted by Gasteiger charge is 2.28. The first-order chi connectivity index (χ1) is 12.2. The summed E-state index contributed by atoms with van der Waals surface area (Å²) in [5.41, 5.74) is 1.69. The number of hydrogen-bond donors (Lipinski definition) is 3. The fourth-order valence-electron chi connectivity index (χ4n) is 2.41. The summed E-state index contributed by atoms with van der Waals surface area (Å²) in [6, 6.07) is 9.01. The molecule has 1 aliphatic rings. The molecule has 1 aliphatic heterocycles. The third kappa shape index (κ3) is 3.51. The summed E-state index contributed by atoms with van der Waals surface area (Å²) in [5, 5.41) is 5.42. The fourth-order valence-corrected chi connectivity index (χ4v) is 3.85. The average molecular weight is 394 g/mol. The Labute approximate surface area is 155 Å². The number of sulfonamides is 1. The molecule has 136 valence electrons. The van der Waals surface area contributed by atoms with Crippen LogP contribution in [-0.2, 0) is 19.6 Å².